The molecule has 0 aliphatic carbocycles. The molecule has 1 saturated heterocycles. The molecular weight excluding hydrogens is 322 g/mol. The third kappa shape index (κ3) is 3.15. The predicted octanol–water partition coefficient (Wildman–Crippen LogP) is 3.14. The van der Waals surface area contributed by atoms with Crippen molar-refractivity contribution in [2.24, 2.45) is 5.92 Å². The number of carboxylic acid groups (broad SMARTS) is 1. The Kier molecular flexibility index (Phi) is 5.05. The molecular formula is C15H20BrNO3. The van der Waals surface area contributed by atoms with Gasteiger partial charge in [0.1, 0.15) is 5.75 Å². The van der Waals surface area contributed by atoms with Gasteiger partial charge in [-0.05, 0) is 48.3 Å². The van der Waals surface area contributed by atoms with Crippen LogP contribution in [0.2, 0.25) is 0 Å². The Labute approximate surface area is 127 Å². The molecule has 0 spiro atoms. The van der Waals surface area contributed by atoms with Crippen LogP contribution < -0.4 is 4.74 Å². The fourth-order valence-electron chi connectivity index (χ4n) is 2.89. The number of rotatable bonds is 4. The minimum absolute atomic E-state index is 0.0462. The zero-order chi connectivity index (χ0) is 14.7. The van der Waals surface area contributed by atoms with E-state index in [0.717, 1.165) is 35.2 Å². The number of carbonyl (C=O) groups is 1. The van der Waals surface area contributed by atoms with Crippen LogP contribution in [0.25, 0.3) is 0 Å². The first-order valence-corrected chi connectivity index (χ1v) is 7.62. The first-order valence-electron chi connectivity index (χ1n) is 6.82. The Hall–Kier alpha value is -1.07. The maximum absolute atomic E-state index is 11.3. The van der Waals surface area contributed by atoms with Gasteiger partial charge >= 0.3 is 5.97 Å². The van der Waals surface area contributed by atoms with Gasteiger partial charge < -0.3 is 9.84 Å². The van der Waals surface area contributed by atoms with Crippen molar-refractivity contribution in [3.05, 3.63) is 28.2 Å². The molecule has 1 aliphatic heterocycles. The number of carboxylic acids is 1. The lowest BCUT2D eigenvalue weighted by molar-refractivity contribution is -0.145. The second-order valence-corrected chi connectivity index (χ2v) is 6.08. The summed E-state index contributed by atoms with van der Waals surface area (Å²) in [6.07, 6.45) is 1.69. The average molecular weight is 342 g/mol. The Morgan fingerprint density at radius 1 is 1.55 bits per heavy atom. The van der Waals surface area contributed by atoms with Crippen LogP contribution in [0.4, 0.5) is 0 Å². The number of hydrogen-bond acceptors (Lipinski definition) is 3. The van der Waals surface area contributed by atoms with E-state index < -0.39 is 5.97 Å². The van der Waals surface area contributed by atoms with Gasteiger partial charge in [-0.3, -0.25) is 9.69 Å². The topological polar surface area (TPSA) is 49.8 Å². The summed E-state index contributed by atoms with van der Waals surface area (Å²) in [4.78, 5) is 13.5. The van der Waals surface area contributed by atoms with Crippen molar-refractivity contribution < 1.29 is 14.6 Å². The normalized spacial score (nSPS) is 23.6. The standard InChI is InChI=1S/C15H20BrNO3/c1-10-12(15(18)19)6-4-8-17(10)9-11-5-3-7-13(16)14(11)20-2/h3,5,7,10,12H,4,6,8-9H2,1-2H3,(H,18,19)/t10-,12-/m0/s1. The number of para-hydroxylation sites is 1. The number of hydrogen-bond donors (Lipinski definition) is 1. The van der Waals surface area contributed by atoms with Gasteiger partial charge in [-0.1, -0.05) is 12.1 Å². The van der Waals surface area contributed by atoms with Gasteiger partial charge in [0.15, 0.2) is 0 Å². The Morgan fingerprint density at radius 3 is 2.95 bits per heavy atom. The molecule has 1 aliphatic rings. The number of halogens is 1. The van der Waals surface area contributed by atoms with Crippen LogP contribution in [-0.2, 0) is 11.3 Å². The van der Waals surface area contributed by atoms with Crippen LogP contribution in [0.15, 0.2) is 22.7 Å². The molecule has 2 rings (SSSR count). The highest BCUT2D eigenvalue weighted by molar-refractivity contribution is 9.10. The molecule has 1 N–H and O–H groups in total. The molecule has 0 saturated carbocycles. The van der Waals surface area contributed by atoms with Gasteiger partial charge in [0.25, 0.3) is 0 Å². The molecule has 110 valence electrons. The van der Waals surface area contributed by atoms with E-state index in [1.165, 1.54) is 0 Å². The van der Waals surface area contributed by atoms with E-state index in [9.17, 15) is 9.90 Å². The number of benzene rings is 1. The average Bonchev–Trinajstić information content (AvgIpc) is 2.41. The molecule has 20 heavy (non-hydrogen) atoms. The zero-order valence-electron chi connectivity index (χ0n) is 11.8. The van der Waals surface area contributed by atoms with Crippen LogP contribution in [0.5, 0.6) is 5.75 Å². The maximum Gasteiger partial charge on any atom is 0.308 e. The number of aliphatic carboxylic acids is 1. The second-order valence-electron chi connectivity index (χ2n) is 5.23. The quantitative estimate of drug-likeness (QED) is 0.913. The fourth-order valence-corrected chi connectivity index (χ4v) is 3.46. The summed E-state index contributed by atoms with van der Waals surface area (Å²) >= 11 is 3.48. The smallest absolute Gasteiger partial charge is 0.308 e. The summed E-state index contributed by atoms with van der Waals surface area (Å²) in [5.41, 5.74) is 1.08. The van der Waals surface area contributed by atoms with Crippen molar-refractivity contribution in [3.63, 3.8) is 0 Å². The number of ether oxygens (including phenoxy) is 1. The highest BCUT2D eigenvalue weighted by Gasteiger charge is 2.33. The van der Waals surface area contributed by atoms with Crippen LogP contribution in [0.3, 0.4) is 0 Å². The van der Waals surface area contributed by atoms with Gasteiger partial charge in [-0.15, -0.1) is 0 Å². The molecule has 5 heteroatoms. The van der Waals surface area contributed by atoms with Gasteiger partial charge in [-0.2, -0.15) is 0 Å². The van der Waals surface area contributed by atoms with Crippen LogP contribution >= 0.6 is 15.9 Å². The van der Waals surface area contributed by atoms with Gasteiger partial charge in [0.05, 0.1) is 17.5 Å². The molecule has 1 aromatic carbocycles. The number of likely N-dealkylation sites (tertiary alicyclic amines) is 1. The molecule has 1 fully saturated rings. The third-order valence-corrected chi connectivity index (χ3v) is 4.69. The highest BCUT2D eigenvalue weighted by Crippen LogP contribution is 2.32. The molecule has 4 nitrogen and oxygen atoms in total. The van der Waals surface area contributed by atoms with E-state index in [1.54, 1.807) is 7.11 Å². The molecule has 0 aromatic heterocycles. The molecule has 2 atom stereocenters. The number of nitrogens with zero attached hydrogens (tertiary/aromatic N) is 1. The van der Waals surface area contributed by atoms with Crippen molar-refractivity contribution in [1.29, 1.82) is 0 Å². The molecule has 1 aromatic rings. The van der Waals surface area contributed by atoms with E-state index in [-0.39, 0.29) is 12.0 Å². The molecule has 0 bridgehead atoms. The summed E-state index contributed by atoms with van der Waals surface area (Å²) < 4.78 is 6.37. The first-order chi connectivity index (χ1) is 9.54. The van der Waals surface area contributed by atoms with Crippen molar-refractivity contribution >= 4 is 21.9 Å². The van der Waals surface area contributed by atoms with Crippen molar-refractivity contribution in [3.8, 4) is 5.75 Å². The lowest BCUT2D eigenvalue weighted by Crippen LogP contribution is -2.45. The maximum atomic E-state index is 11.3. The first kappa shape index (κ1) is 15.3. The van der Waals surface area contributed by atoms with E-state index in [0.29, 0.717) is 6.54 Å². The Bertz CT molecular complexity index is 492. The second kappa shape index (κ2) is 6.59. The highest BCUT2D eigenvalue weighted by atomic mass is 79.9. The zero-order valence-corrected chi connectivity index (χ0v) is 13.4. The van der Waals surface area contributed by atoms with E-state index in [2.05, 4.69) is 20.8 Å². The summed E-state index contributed by atoms with van der Waals surface area (Å²) in [6, 6.07) is 6.00. The lowest BCUT2D eigenvalue weighted by Gasteiger charge is -2.37. The summed E-state index contributed by atoms with van der Waals surface area (Å²) in [7, 11) is 1.66. The lowest BCUT2D eigenvalue weighted by atomic mass is 9.90. The molecule has 0 amide bonds. The molecule has 1 heterocycles. The predicted molar refractivity (Wildman–Crippen MR) is 80.9 cm³/mol. The van der Waals surface area contributed by atoms with Gasteiger partial charge in [0.2, 0.25) is 0 Å². The van der Waals surface area contributed by atoms with Crippen molar-refractivity contribution in [2.75, 3.05) is 13.7 Å². The number of methoxy groups -OCH3 is 1. The van der Waals surface area contributed by atoms with Gasteiger partial charge in [0, 0.05) is 18.2 Å². The van der Waals surface area contributed by atoms with Crippen molar-refractivity contribution in [1.82, 2.24) is 4.90 Å². The van der Waals surface area contributed by atoms with E-state index >= 15 is 0 Å². The van der Waals surface area contributed by atoms with Gasteiger partial charge in [-0.25, -0.2) is 0 Å². The number of piperidine rings is 1. The molecule has 0 radical (unpaired) electrons. The summed E-state index contributed by atoms with van der Waals surface area (Å²) in [6.45, 7) is 3.65. The SMILES string of the molecule is COc1c(Br)cccc1CN1CCC[C@H](C(=O)O)[C@@H]1C. The van der Waals surface area contributed by atoms with Crippen LogP contribution in [-0.4, -0.2) is 35.7 Å². The van der Waals surface area contributed by atoms with E-state index in [4.69, 9.17) is 4.74 Å². The van der Waals surface area contributed by atoms with Crippen LogP contribution in [0, 0.1) is 5.92 Å². The summed E-state index contributed by atoms with van der Waals surface area (Å²) in [5.74, 6) is -0.137. The van der Waals surface area contributed by atoms with Crippen LogP contribution in [0.1, 0.15) is 25.3 Å². The Balaban J connectivity index is 2.17. The Morgan fingerprint density at radius 2 is 2.30 bits per heavy atom. The van der Waals surface area contributed by atoms with Crippen molar-refractivity contribution in [2.45, 2.75) is 32.4 Å². The minimum atomic E-state index is -0.691. The molecule has 0 unspecified atom stereocenters. The minimum Gasteiger partial charge on any atom is -0.495 e. The monoisotopic (exact) mass is 341 g/mol. The van der Waals surface area contributed by atoms with E-state index in [1.807, 2.05) is 25.1 Å². The summed E-state index contributed by atoms with van der Waals surface area (Å²) in [5, 5.41) is 9.28. The fraction of sp³-hybridized carbons (Fsp3) is 0.533. The third-order valence-electron chi connectivity index (χ3n) is 4.06. The largest absolute Gasteiger partial charge is 0.495 e.